The van der Waals surface area contributed by atoms with Gasteiger partial charge in [-0.3, -0.25) is 0 Å². The molecule has 0 amide bonds. The van der Waals surface area contributed by atoms with Crippen molar-refractivity contribution in [3.8, 4) is 16.5 Å². The second-order valence-corrected chi connectivity index (χ2v) is 8.09. The fraction of sp³-hybridized carbons (Fsp3) is 0.211. The molecule has 0 unspecified atom stereocenters. The van der Waals surface area contributed by atoms with Crippen molar-refractivity contribution in [2.24, 2.45) is 0 Å². The summed E-state index contributed by atoms with van der Waals surface area (Å²) in [6.07, 6.45) is 1.64. The van der Waals surface area contributed by atoms with Gasteiger partial charge in [0.25, 0.3) is 0 Å². The van der Waals surface area contributed by atoms with Crippen molar-refractivity contribution >= 4 is 23.1 Å². The highest BCUT2D eigenvalue weighted by atomic mass is 32.2. The minimum Gasteiger partial charge on any atom is -0.486 e. The molecule has 4 aromatic rings. The van der Waals surface area contributed by atoms with Gasteiger partial charge >= 0.3 is 0 Å². The summed E-state index contributed by atoms with van der Waals surface area (Å²) in [5.41, 5.74) is 3.24. The minimum absolute atomic E-state index is 0.256. The Morgan fingerprint density at radius 1 is 1.21 bits per heavy atom. The topological polar surface area (TPSA) is 92.0 Å². The molecule has 3 heterocycles. The number of nitrogens with two attached hydrogens (primary N) is 1. The number of benzene rings is 1. The Morgan fingerprint density at radius 3 is 2.79 bits per heavy atom. The highest BCUT2D eigenvalue weighted by Gasteiger charge is 2.13. The molecule has 28 heavy (non-hydrogen) atoms. The van der Waals surface area contributed by atoms with Crippen molar-refractivity contribution in [1.29, 1.82) is 0 Å². The van der Waals surface area contributed by atoms with Crippen LogP contribution in [0.1, 0.15) is 22.6 Å². The molecule has 3 aromatic heterocycles. The van der Waals surface area contributed by atoms with E-state index in [4.69, 9.17) is 15.0 Å². The lowest BCUT2D eigenvalue weighted by Gasteiger charge is -2.08. The molecular formula is C19H19N5O2S2. The summed E-state index contributed by atoms with van der Waals surface area (Å²) < 4.78 is 12.7. The summed E-state index contributed by atoms with van der Waals surface area (Å²) >= 11 is 3.03. The highest BCUT2D eigenvalue weighted by Crippen LogP contribution is 2.27. The van der Waals surface area contributed by atoms with E-state index in [1.54, 1.807) is 17.6 Å². The van der Waals surface area contributed by atoms with E-state index in [-0.39, 0.29) is 6.61 Å². The van der Waals surface area contributed by atoms with Crippen LogP contribution in [0.25, 0.3) is 10.8 Å². The number of thiazole rings is 1. The quantitative estimate of drug-likeness (QED) is 0.359. The third-order valence-corrected chi connectivity index (χ3v) is 5.81. The molecule has 0 aliphatic rings. The van der Waals surface area contributed by atoms with E-state index in [0.29, 0.717) is 16.7 Å². The largest absolute Gasteiger partial charge is 0.486 e. The van der Waals surface area contributed by atoms with Crippen LogP contribution in [0.4, 0.5) is 0 Å². The monoisotopic (exact) mass is 413 g/mol. The number of nitrogen functional groups attached to an aromatic ring is 1. The molecule has 0 aliphatic heterocycles. The Balaban J connectivity index is 1.37. The Labute approximate surface area is 170 Å². The SMILES string of the molecule is Cc1cc(C)cc(OCc2nnc(SCc3csc(-c4ccco4)n3)n2N)c1. The second kappa shape index (κ2) is 8.07. The van der Waals surface area contributed by atoms with Gasteiger partial charge in [-0.2, -0.15) is 0 Å². The highest BCUT2D eigenvalue weighted by molar-refractivity contribution is 7.98. The molecule has 0 aliphatic carbocycles. The molecule has 0 radical (unpaired) electrons. The van der Waals surface area contributed by atoms with Crippen molar-refractivity contribution in [2.75, 3.05) is 5.84 Å². The van der Waals surface area contributed by atoms with Crippen molar-refractivity contribution < 1.29 is 9.15 Å². The summed E-state index contributed by atoms with van der Waals surface area (Å²) in [5, 5.41) is 11.8. The number of aromatic nitrogens is 4. The lowest BCUT2D eigenvalue weighted by Crippen LogP contribution is -2.15. The Kier molecular flexibility index (Phi) is 5.36. The molecule has 0 atom stereocenters. The fourth-order valence-electron chi connectivity index (χ4n) is 2.69. The average Bonchev–Trinajstić information content (AvgIpc) is 3.39. The van der Waals surface area contributed by atoms with Crippen molar-refractivity contribution in [2.45, 2.75) is 31.4 Å². The molecule has 2 N–H and O–H groups in total. The van der Waals surface area contributed by atoms with Gasteiger partial charge in [0.2, 0.25) is 5.16 Å². The predicted molar refractivity (Wildman–Crippen MR) is 110 cm³/mol. The molecule has 1 aromatic carbocycles. The lowest BCUT2D eigenvalue weighted by atomic mass is 10.1. The number of nitrogens with zero attached hydrogens (tertiary/aromatic N) is 4. The number of ether oxygens (including phenoxy) is 1. The van der Waals surface area contributed by atoms with E-state index in [1.807, 2.05) is 43.5 Å². The van der Waals surface area contributed by atoms with Gasteiger partial charge in [0.1, 0.15) is 12.4 Å². The van der Waals surface area contributed by atoms with Crippen LogP contribution in [-0.2, 0) is 12.4 Å². The normalized spacial score (nSPS) is 11.1. The van der Waals surface area contributed by atoms with Crippen LogP contribution < -0.4 is 10.6 Å². The van der Waals surface area contributed by atoms with Crippen LogP contribution in [-0.4, -0.2) is 19.9 Å². The number of thioether (sulfide) groups is 1. The van der Waals surface area contributed by atoms with Gasteiger partial charge in [-0.05, 0) is 49.2 Å². The predicted octanol–water partition coefficient (Wildman–Crippen LogP) is 4.20. The summed E-state index contributed by atoms with van der Waals surface area (Å²) in [5.74, 6) is 8.91. The first-order chi connectivity index (χ1) is 13.6. The summed E-state index contributed by atoms with van der Waals surface area (Å²) in [6, 6.07) is 9.82. The molecule has 4 rings (SSSR count). The van der Waals surface area contributed by atoms with E-state index < -0.39 is 0 Å². The third-order valence-electron chi connectivity index (χ3n) is 3.93. The molecular weight excluding hydrogens is 394 g/mol. The van der Waals surface area contributed by atoms with Gasteiger partial charge in [-0.1, -0.05) is 17.8 Å². The number of hydrogen-bond donors (Lipinski definition) is 1. The van der Waals surface area contributed by atoms with Crippen molar-refractivity contribution in [3.63, 3.8) is 0 Å². The Hall–Kier alpha value is -2.78. The molecule has 144 valence electrons. The van der Waals surface area contributed by atoms with E-state index >= 15 is 0 Å². The Bertz CT molecular complexity index is 1050. The Morgan fingerprint density at radius 2 is 2.04 bits per heavy atom. The van der Waals surface area contributed by atoms with Crippen LogP contribution in [0.15, 0.2) is 51.5 Å². The van der Waals surface area contributed by atoms with Gasteiger partial charge in [-0.25, -0.2) is 9.66 Å². The summed E-state index contributed by atoms with van der Waals surface area (Å²) in [7, 11) is 0. The van der Waals surface area contributed by atoms with Gasteiger partial charge < -0.3 is 15.0 Å². The second-order valence-electron chi connectivity index (χ2n) is 6.29. The van der Waals surface area contributed by atoms with Gasteiger partial charge in [0.05, 0.1) is 12.0 Å². The third kappa shape index (κ3) is 4.20. The van der Waals surface area contributed by atoms with E-state index in [2.05, 4.69) is 21.2 Å². The summed E-state index contributed by atoms with van der Waals surface area (Å²) in [4.78, 5) is 4.58. The number of furan rings is 1. The molecule has 9 heteroatoms. The molecule has 0 bridgehead atoms. The zero-order chi connectivity index (χ0) is 19.5. The minimum atomic E-state index is 0.256. The van der Waals surface area contributed by atoms with Crippen LogP contribution >= 0.6 is 23.1 Å². The van der Waals surface area contributed by atoms with Gasteiger partial charge in [-0.15, -0.1) is 21.5 Å². The number of aryl methyl sites for hydroxylation is 2. The average molecular weight is 414 g/mol. The first-order valence-electron chi connectivity index (χ1n) is 8.60. The van der Waals surface area contributed by atoms with E-state index in [9.17, 15) is 0 Å². The standard InChI is InChI=1S/C19H19N5O2S2/c1-12-6-13(2)8-15(7-12)26-9-17-22-23-19(24(17)20)28-11-14-10-27-18(21-14)16-4-3-5-25-16/h3-8,10H,9,11,20H2,1-2H3. The van der Waals surface area contributed by atoms with Gasteiger partial charge in [0, 0.05) is 11.1 Å². The molecule has 7 nitrogen and oxygen atoms in total. The van der Waals surface area contributed by atoms with E-state index in [1.165, 1.54) is 16.4 Å². The molecule has 0 saturated carbocycles. The van der Waals surface area contributed by atoms with Crippen molar-refractivity contribution in [1.82, 2.24) is 19.9 Å². The lowest BCUT2D eigenvalue weighted by molar-refractivity contribution is 0.291. The van der Waals surface area contributed by atoms with E-state index in [0.717, 1.165) is 33.3 Å². The maximum atomic E-state index is 6.13. The number of rotatable bonds is 7. The maximum Gasteiger partial charge on any atom is 0.210 e. The maximum absolute atomic E-state index is 6.13. The smallest absolute Gasteiger partial charge is 0.210 e. The van der Waals surface area contributed by atoms with Gasteiger partial charge in [0.15, 0.2) is 16.6 Å². The van der Waals surface area contributed by atoms with Crippen LogP contribution in [0.2, 0.25) is 0 Å². The van der Waals surface area contributed by atoms with Crippen molar-refractivity contribution in [3.05, 3.63) is 64.6 Å². The van der Waals surface area contributed by atoms with Crippen LogP contribution in [0, 0.1) is 13.8 Å². The molecule has 0 fully saturated rings. The fourth-order valence-corrected chi connectivity index (χ4v) is 4.35. The molecule has 0 saturated heterocycles. The summed E-state index contributed by atoms with van der Waals surface area (Å²) in [6.45, 7) is 4.33. The zero-order valence-electron chi connectivity index (χ0n) is 15.5. The number of hydrogen-bond acceptors (Lipinski definition) is 8. The molecule has 0 spiro atoms. The zero-order valence-corrected chi connectivity index (χ0v) is 17.1. The van der Waals surface area contributed by atoms with Crippen LogP contribution in [0.3, 0.4) is 0 Å². The van der Waals surface area contributed by atoms with Crippen LogP contribution in [0.5, 0.6) is 5.75 Å². The first-order valence-corrected chi connectivity index (χ1v) is 10.5. The first kappa shape index (κ1) is 18.6.